The first-order valence-electron chi connectivity index (χ1n) is 9.82. The molecule has 0 spiro atoms. The van der Waals surface area contributed by atoms with Crippen molar-refractivity contribution in [1.29, 1.82) is 0 Å². The van der Waals surface area contributed by atoms with Gasteiger partial charge in [-0.25, -0.2) is 0 Å². The van der Waals surface area contributed by atoms with E-state index in [1.807, 2.05) is 12.1 Å². The molecule has 0 unspecified atom stereocenters. The summed E-state index contributed by atoms with van der Waals surface area (Å²) < 4.78 is 10.6. The Morgan fingerprint density at radius 2 is 1.79 bits per heavy atom. The van der Waals surface area contributed by atoms with E-state index >= 15 is 0 Å². The Kier molecular flexibility index (Phi) is 5.50. The smallest absolute Gasteiger partial charge is 0.293 e. The van der Waals surface area contributed by atoms with Crippen LogP contribution in [0.25, 0.3) is 0 Å². The van der Waals surface area contributed by atoms with Gasteiger partial charge in [-0.15, -0.1) is 0 Å². The second kappa shape index (κ2) is 8.38. The maximum absolute atomic E-state index is 12.6. The normalized spacial score (nSPS) is 15.7. The lowest BCUT2D eigenvalue weighted by Crippen LogP contribution is -2.26. The molecular formula is C21H23N3O5. The minimum Gasteiger partial charge on any atom is -0.454 e. The maximum Gasteiger partial charge on any atom is 0.293 e. The van der Waals surface area contributed by atoms with E-state index in [1.54, 1.807) is 18.2 Å². The molecule has 2 aliphatic rings. The Labute approximate surface area is 168 Å². The Morgan fingerprint density at radius 1 is 1.03 bits per heavy atom. The molecule has 1 amide bonds. The third kappa shape index (κ3) is 4.26. The zero-order chi connectivity index (χ0) is 20.2. The van der Waals surface area contributed by atoms with Gasteiger partial charge in [0, 0.05) is 31.3 Å². The van der Waals surface area contributed by atoms with Gasteiger partial charge < -0.3 is 19.7 Å². The third-order valence-corrected chi connectivity index (χ3v) is 5.27. The SMILES string of the molecule is O=C(NCc1ccc2c(c1)OCO2)c1ccc(N2CCCCCC2)c([N+](=O)[O-])c1. The second-order valence-corrected chi connectivity index (χ2v) is 7.23. The predicted octanol–water partition coefficient (Wildman–Crippen LogP) is 3.63. The van der Waals surface area contributed by atoms with Crippen LogP contribution in [0.1, 0.15) is 41.6 Å². The van der Waals surface area contributed by atoms with Crippen LogP contribution in [0.5, 0.6) is 11.5 Å². The molecule has 1 fully saturated rings. The summed E-state index contributed by atoms with van der Waals surface area (Å²) in [5.74, 6) is 0.974. The fraction of sp³-hybridized carbons (Fsp3) is 0.381. The fourth-order valence-corrected chi connectivity index (χ4v) is 3.73. The molecule has 0 aliphatic carbocycles. The van der Waals surface area contributed by atoms with Crippen molar-refractivity contribution in [2.75, 3.05) is 24.8 Å². The fourth-order valence-electron chi connectivity index (χ4n) is 3.73. The summed E-state index contributed by atoms with van der Waals surface area (Å²) in [6.07, 6.45) is 4.33. The van der Waals surface area contributed by atoms with E-state index in [9.17, 15) is 14.9 Å². The van der Waals surface area contributed by atoms with Crippen LogP contribution >= 0.6 is 0 Å². The standard InChI is InChI=1S/C21H23N3O5/c25-21(22-13-15-5-8-19-20(11-15)29-14-28-19)16-6-7-17(18(12-16)24(26)27)23-9-3-1-2-4-10-23/h5-8,11-12H,1-4,9-10,13-14H2,(H,22,25). The van der Waals surface area contributed by atoms with Crippen LogP contribution in [0, 0.1) is 10.1 Å². The lowest BCUT2D eigenvalue weighted by molar-refractivity contribution is -0.384. The van der Waals surface area contributed by atoms with Gasteiger partial charge in [-0.05, 0) is 42.7 Å². The van der Waals surface area contributed by atoms with Crippen LogP contribution in [-0.2, 0) is 6.54 Å². The summed E-state index contributed by atoms with van der Waals surface area (Å²) in [6, 6.07) is 10.2. The van der Waals surface area contributed by atoms with Crippen LogP contribution in [-0.4, -0.2) is 30.7 Å². The van der Waals surface area contributed by atoms with Crippen LogP contribution in [0.3, 0.4) is 0 Å². The van der Waals surface area contributed by atoms with Crippen LogP contribution in [0.4, 0.5) is 11.4 Å². The lowest BCUT2D eigenvalue weighted by atomic mass is 10.1. The van der Waals surface area contributed by atoms with Gasteiger partial charge in [0.2, 0.25) is 6.79 Å². The van der Waals surface area contributed by atoms with Gasteiger partial charge in [0.15, 0.2) is 11.5 Å². The van der Waals surface area contributed by atoms with Crippen molar-refractivity contribution in [3.8, 4) is 11.5 Å². The molecule has 2 aromatic rings. The zero-order valence-electron chi connectivity index (χ0n) is 16.1. The first kappa shape index (κ1) is 19.0. The van der Waals surface area contributed by atoms with E-state index < -0.39 is 4.92 Å². The number of benzene rings is 2. The summed E-state index contributed by atoms with van der Waals surface area (Å²) >= 11 is 0. The van der Waals surface area contributed by atoms with E-state index in [2.05, 4.69) is 10.2 Å². The molecule has 0 aromatic heterocycles. The van der Waals surface area contributed by atoms with E-state index in [4.69, 9.17) is 9.47 Å². The van der Waals surface area contributed by atoms with Crippen molar-refractivity contribution in [3.63, 3.8) is 0 Å². The number of anilines is 1. The largest absolute Gasteiger partial charge is 0.454 e. The summed E-state index contributed by atoms with van der Waals surface area (Å²) in [6.45, 7) is 2.09. The number of hydrogen-bond acceptors (Lipinski definition) is 6. The Bertz CT molecular complexity index is 923. The highest BCUT2D eigenvalue weighted by atomic mass is 16.7. The predicted molar refractivity (Wildman–Crippen MR) is 108 cm³/mol. The van der Waals surface area contributed by atoms with Crippen LogP contribution in [0.15, 0.2) is 36.4 Å². The zero-order valence-corrected chi connectivity index (χ0v) is 16.1. The van der Waals surface area contributed by atoms with Gasteiger partial charge in [-0.2, -0.15) is 0 Å². The summed E-state index contributed by atoms with van der Waals surface area (Å²) in [7, 11) is 0. The van der Waals surface area contributed by atoms with Gasteiger partial charge in [0.05, 0.1) is 4.92 Å². The second-order valence-electron chi connectivity index (χ2n) is 7.23. The maximum atomic E-state index is 12.6. The molecule has 2 aromatic carbocycles. The van der Waals surface area contributed by atoms with Gasteiger partial charge in [-0.3, -0.25) is 14.9 Å². The molecule has 8 nitrogen and oxygen atoms in total. The van der Waals surface area contributed by atoms with Gasteiger partial charge in [0.1, 0.15) is 5.69 Å². The highest BCUT2D eigenvalue weighted by Gasteiger charge is 2.23. The highest BCUT2D eigenvalue weighted by Crippen LogP contribution is 2.33. The number of nitrogens with zero attached hydrogens (tertiary/aromatic N) is 2. The molecule has 0 atom stereocenters. The first-order chi connectivity index (χ1) is 14.1. The average Bonchev–Trinajstić information content (AvgIpc) is 3.03. The number of carbonyl (C=O) groups is 1. The van der Waals surface area contributed by atoms with E-state index in [1.165, 1.54) is 6.07 Å². The number of nitro benzene ring substituents is 1. The van der Waals surface area contributed by atoms with E-state index in [-0.39, 0.29) is 30.5 Å². The number of amides is 1. The molecule has 0 radical (unpaired) electrons. The molecule has 4 rings (SSSR count). The van der Waals surface area contributed by atoms with Crippen LogP contribution < -0.4 is 19.7 Å². The van der Waals surface area contributed by atoms with Crippen molar-refractivity contribution in [2.45, 2.75) is 32.2 Å². The van der Waals surface area contributed by atoms with Crippen LogP contribution in [0.2, 0.25) is 0 Å². The molecular weight excluding hydrogens is 374 g/mol. The topological polar surface area (TPSA) is 93.9 Å². The summed E-state index contributed by atoms with van der Waals surface area (Å²) in [5.41, 5.74) is 1.70. The van der Waals surface area contributed by atoms with Crippen molar-refractivity contribution < 1.29 is 19.2 Å². The molecule has 0 bridgehead atoms. The van der Waals surface area contributed by atoms with Crippen molar-refractivity contribution in [1.82, 2.24) is 5.32 Å². The Morgan fingerprint density at radius 3 is 2.55 bits per heavy atom. The minimum atomic E-state index is -0.408. The van der Waals surface area contributed by atoms with E-state index in [0.717, 1.165) is 44.3 Å². The monoisotopic (exact) mass is 397 g/mol. The van der Waals surface area contributed by atoms with Crippen molar-refractivity contribution in [2.24, 2.45) is 0 Å². The van der Waals surface area contributed by atoms with Crippen molar-refractivity contribution >= 4 is 17.3 Å². The van der Waals surface area contributed by atoms with Gasteiger partial charge in [-0.1, -0.05) is 18.9 Å². The molecule has 2 heterocycles. The number of ether oxygens (including phenoxy) is 2. The van der Waals surface area contributed by atoms with Crippen molar-refractivity contribution in [3.05, 3.63) is 57.6 Å². The third-order valence-electron chi connectivity index (χ3n) is 5.27. The number of hydrogen-bond donors (Lipinski definition) is 1. The number of nitro groups is 1. The first-order valence-corrected chi connectivity index (χ1v) is 9.82. The summed E-state index contributed by atoms with van der Waals surface area (Å²) in [5, 5.41) is 14.4. The number of fused-ring (bicyclic) bond motifs is 1. The molecule has 2 aliphatic heterocycles. The Balaban J connectivity index is 1.48. The lowest BCUT2D eigenvalue weighted by Gasteiger charge is -2.22. The molecule has 29 heavy (non-hydrogen) atoms. The van der Waals surface area contributed by atoms with E-state index in [0.29, 0.717) is 17.2 Å². The number of rotatable bonds is 5. The molecule has 0 saturated carbocycles. The van der Waals surface area contributed by atoms with Gasteiger partial charge >= 0.3 is 0 Å². The highest BCUT2D eigenvalue weighted by molar-refractivity contribution is 5.95. The molecule has 1 N–H and O–H groups in total. The molecule has 1 saturated heterocycles. The quantitative estimate of drug-likeness (QED) is 0.612. The summed E-state index contributed by atoms with van der Waals surface area (Å²) in [4.78, 5) is 25.8. The molecule has 152 valence electrons. The number of nitrogens with one attached hydrogen (secondary N) is 1. The van der Waals surface area contributed by atoms with Gasteiger partial charge in [0.25, 0.3) is 11.6 Å². The average molecular weight is 397 g/mol. The Hall–Kier alpha value is -3.29. The molecule has 8 heteroatoms. The number of carbonyl (C=O) groups excluding carboxylic acids is 1. The minimum absolute atomic E-state index is 0.0253.